The Kier molecular flexibility index (Phi) is 5.08. The molecule has 2 nitrogen and oxygen atoms in total. The van der Waals surface area contributed by atoms with Crippen LogP contribution in [0, 0.1) is 0 Å². The average molecular weight is 339 g/mol. The third-order valence-electron chi connectivity index (χ3n) is 4.71. The number of halogens is 1. The van der Waals surface area contributed by atoms with Crippen LogP contribution in [0.15, 0.2) is 72.8 Å². The fourth-order valence-corrected chi connectivity index (χ4v) is 3.44. The Labute approximate surface area is 149 Å². The van der Waals surface area contributed by atoms with Crippen molar-refractivity contribution in [2.45, 2.75) is 31.3 Å². The first-order valence-electron chi connectivity index (χ1n) is 8.36. The van der Waals surface area contributed by atoms with Gasteiger partial charge in [-0.2, -0.15) is 0 Å². The average Bonchev–Trinajstić information content (AvgIpc) is 2.64. The Bertz CT molecular complexity index is 752. The van der Waals surface area contributed by atoms with Crippen LogP contribution in [-0.4, -0.2) is 5.54 Å². The Hall–Kier alpha value is -2.03. The molecule has 0 saturated carbocycles. The second kappa shape index (κ2) is 7.25. The number of benzene rings is 2. The third kappa shape index (κ3) is 3.40. The number of hydrogen-bond acceptors (Lipinski definition) is 2. The predicted octanol–water partition coefficient (Wildman–Crippen LogP) is 5.27. The van der Waals surface area contributed by atoms with E-state index in [-0.39, 0.29) is 11.6 Å². The molecule has 0 spiro atoms. The van der Waals surface area contributed by atoms with Gasteiger partial charge in [-0.3, -0.25) is 5.32 Å². The normalized spacial score (nSPS) is 20.9. The first-order chi connectivity index (χ1) is 11.7. The van der Waals surface area contributed by atoms with Gasteiger partial charge in [0.05, 0.1) is 16.8 Å². The lowest BCUT2D eigenvalue weighted by Gasteiger charge is -2.36. The van der Waals surface area contributed by atoms with E-state index in [0.29, 0.717) is 10.7 Å². The molecule has 2 atom stereocenters. The van der Waals surface area contributed by atoms with Crippen molar-refractivity contribution < 1.29 is 0 Å². The van der Waals surface area contributed by atoms with Crippen molar-refractivity contribution in [3.63, 3.8) is 0 Å². The van der Waals surface area contributed by atoms with E-state index >= 15 is 0 Å². The van der Waals surface area contributed by atoms with Gasteiger partial charge in [-0.1, -0.05) is 85.3 Å². The Morgan fingerprint density at radius 2 is 1.92 bits per heavy atom. The van der Waals surface area contributed by atoms with Crippen molar-refractivity contribution in [3.8, 4) is 0 Å². The van der Waals surface area contributed by atoms with Crippen LogP contribution in [0.4, 0.5) is 5.69 Å². The molecule has 0 radical (unpaired) electrons. The molecule has 3 heteroatoms. The summed E-state index contributed by atoms with van der Waals surface area (Å²) >= 11 is 6.55. The number of rotatable bonds is 5. The van der Waals surface area contributed by atoms with E-state index in [1.807, 2.05) is 18.2 Å². The second-order valence-electron chi connectivity index (χ2n) is 6.24. The SMILES string of the molecule is CC[C@@]1(NC(c2ccccc2)c2cccc(N)c2Cl)C=CC=CC1. The molecule has 1 aliphatic carbocycles. The van der Waals surface area contributed by atoms with Gasteiger partial charge in [-0.25, -0.2) is 0 Å². The number of anilines is 1. The number of hydrogen-bond donors (Lipinski definition) is 2. The minimum absolute atomic E-state index is 0.0155. The van der Waals surface area contributed by atoms with Gasteiger partial charge >= 0.3 is 0 Å². The highest BCUT2D eigenvalue weighted by Crippen LogP contribution is 2.35. The summed E-state index contributed by atoms with van der Waals surface area (Å²) in [5, 5.41) is 4.47. The van der Waals surface area contributed by atoms with Crippen LogP contribution in [0.1, 0.15) is 36.9 Å². The molecule has 3 rings (SSSR count). The van der Waals surface area contributed by atoms with Gasteiger partial charge in [-0.15, -0.1) is 0 Å². The Balaban J connectivity index is 2.05. The van der Waals surface area contributed by atoms with E-state index < -0.39 is 0 Å². The van der Waals surface area contributed by atoms with E-state index in [4.69, 9.17) is 17.3 Å². The molecule has 0 fully saturated rings. The molecule has 24 heavy (non-hydrogen) atoms. The van der Waals surface area contributed by atoms with Gasteiger partial charge in [-0.05, 0) is 30.0 Å². The molecule has 3 N–H and O–H groups in total. The molecule has 2 aromatic rings. The maximum absolute atomic E-state index is 6.55. The minimum Gasteiger partial charge on any atom is -0.398 e. The lowest BCUT2D eigenvalue weighted by molar-refractivity contribution is 0.360. The second-order valence-corrected chi connectivity index (χ2v) is 6.62. The van der Waals surface area contributed by atoms with Crippen molar-refractivity contribution in [1.82, 2.24) is 5.32 Å². The molecule has 0 aliphatic heterocycles. The van der Waals surface area contributed by atoms with Crippen LogP contribution < -0.4 is 11.1 Å². The lowest BCUT2D eigenvalue weighted by atomic mass is 9.85. The fraction of sp³-hybridized carbons (Fsp3) is 0.238. The van der Waals surface area contributed by atoms with Crippen LogP contribution >= 0.6 is 11.6 Å². The van der Waals surface area contributed by atoms with Gasteiger partial charge in [0.15, 0.2) is 0 Å². The fourth-order valence-electron chi connectivity index (χ4n) is 3.20. The molecule has 1 unspecified atom stereocenters. The Morgan fingerprint density at radius 3 is 2.58 bits per heavy atom. The largest absolute Gasteiger partial charge is 0.398 e. The van der Waals surface area contributed by atoms with Gasteiger partial charge < -0.3 is 5.73 Å². The van der Waals surface area contributed by atoms with Crippen LogP contribution in [0.5, 0.6) is 0 Å². The molecule has 0 aromatic heterocycles. The van der Waals surface area contributed by atoms with Crippen LogP contribution in [0.3, 0.4) is 0 Å². The summed E-state index contributed by atoms with van der Waals surface area (Å²) in [6.07, 6.45) is 10.6. The van der Waals surface area contributed by atoms with E-state index in [1.165, 1.54) is 5.56 Å². The molecule has 0 saturated heterocycles. The van der Waals surface area contributed by atoms with Gasteiger partial charge in [0, 0.05) is 5.54 Å². The van der Waals surface area contributed by atoms with Crippen molar-refractivity contribution in [1.29, 1.82) is 0 Å². The third-order valence-corrected chi connectivity index (χ3v) is 5.15. The van der Waals surface area contributed by atoms with Crippen molar-refractivity contribution >= 4 is 17.3 Å². The van der Waals surface area contributed by atoms with Crippen molar-refractivity contribution in [2.75, 3.05) is 5.73 Å². The monoisotopic (exact) mass is 338 g/mol. The summed E-state index contributed by atoms with van der Waals surface area (Å²) < 4.78 is 0. The molecule has 124 valence electrons. The number of nitrogens with one attached hydrogen (secondary N) is 1. The summed E-state index contributed by atoms with van der Waals surface area (Å²) in [4.78, 5) is 0. The summed E-state index contributed by atoms with van der Waals surface area (Å²) in [5.74, 6) is 0. The standard InChI is InChI=1S/C21H23ClN2/c1-2-21(14-7-4-8-15-21)24-20(16-10-5-3-6-11-16)17-12-9-13-18(23)19(17)22/h3-14,20,24H,2,15,23H2,1H3/t20?,21-/m1/s1. The topological polar surface area (TPSA) is 38.0 Å². The zero-order valence-electron chi connectivity index (χ0n) is 13.9. The van der Waals surface area contributed by atoms with Gasteiger partial charge in [0.25, 0.3) is 0 Å². The number of allylic oxidation sites excluding steroid dienone is 2. The summed E-state index contributed by atoms with van der Waals surface area (Å²) in [6, 6.07) is 16.2. The Morgan fingerprint density at radius 1 is 1.12 bits per heavy atom. The molecular weight excluding hydrogens is 316 g/mol. The quantitative estimate of drug-likeness (QED) is 0.729. The maximum atomic E-state index is 6.55. The maximum Gasteiger partial charge on any atom is 0.0686 e. The molecule has 0 amide bonds. The van der Waals surface area contributed by atoms with Gasteiger partial charge in [0.2, 0.25) is 0 Å². The molecule has 2 aromatic carbocycles. The van der Waals surface area contributed by atoms with E-state index in [1.54, 1.807) is 0 Å². The predicted molar refractivity (Wildman–Crippen MR) is 103 cm³/mol. The summed E-state index contributed by atoms with van der Waals surface area (Å²) in [7, 11) is 0. The number of nitrogens with two attached hydrogens (primary N) is 1. The van der Waals surface area contributed by atoms with E-state index in [2.05, 4.69) is 66.9 Å². The smallest absolute Gasteiger partial charge is 0.0686 e. The molecule has 1 aliphatic rings. The van der Waals surface area contributed by atoms with Crippen molar-refractivity contribution in [2.24, 2.45) is 0 Å². The highest BCUT2D eigenvalue weighted by molar-refractivity contribution is 6.33. The first-order valence-corrected chi connectivity index (χ1v) is 8.74. The zero-order valence-corrected chi connectivity index (χ0v) is 14.6. The number of nitrogen functional groups attached to an aromatic ring is 1. The minimum atomic E-state index is -0.0802. The molecule has 0 bridgehead atoms. The van der Waals surface area contributed by atoms with Crippen LogP contribution in [0.25, 0.3) is 0 Å². The van der Waals surface area contributed by atoms with Crippen LogP contribution in [0.2, 0.25) is 5.02 Å². The molecular formula is C21H23ClN2. The lowest BCUT2D eigenvalue weighted by Crippen LogP contribution is -2.45. The van der Waals surface area contributed by atoms with Crippen LogP contribution in [-0.2, 0) is 0 Å². The summed E-state index contributed by atoms with van der Waals surface area (Å²) in [5.41, 5.74) is 8.78. The summed E-state index contributed by atoms with van der Waals surface area (Å²) in [6.45, 7) is 2.21. The van der Waals surface area contributed by atoms with Gasteiger partial charge in [0.1, 0.15) is 0 Å². The molecule has 0 heterocycles. The van der Waals surface area contributed by atoms with Crippen molar-refractivity contribution in [3.05, 3.63) is 89.0 Å². The first kappa shape index (κ1) is 16.8. The van der Waals surface area contributed by atoms with E-state index in [9.17, 15) is 0 Å². The van der Waals surface area contributed by atoms with E-state index in [0.717, 1.165) is 18.4 Å². The zero-order chi connectivity index (χ0) is 17.0. The highest BCUT2D eigenvalue weighted by atomic mass is 35.5. The highest BCUT2D eigenvalue weighted by Gasteiger charge is 2.30.